The van der Waals surface area contributed by atoms with Crippen LogP contribution in [0.2, 0.25) is 0 Å². The Labute approximate surface area is 180 Å². The zero-order valence-corrected chi connectivity index (χ0v) is 17.8. The van der Waals surface area contributed by atoms with E-state index < -0.39 is 0 Å². The number of nitrogens with one attached hydrogen (secondary N) is 1. The van der Waals surface area contributed by atoms with E-state index in [9.17, 15) is 4.79 Å². The highest BCUT2D eigenvalue weighted by atomic mass is 16.5. The number of ether oxygens (including phenoxy) is 2. The normalized spacial score (nSPS) is 20.0. The van der Waals surface area contributed by atoms with Gasteiger partial charge in [0, 0.05) is 23.3 Å². The van der Waals surface area contributed by atoms with Gasteiger partial charge in [-0.25, -0.2) is 0 Å². The molecule has 1 aromatic heterocycles. The second kappa shape index (κ2) is 7.61. The summed E-state index contributed by atoms with van der Waals surface area (Å²) in [5.74, 6) is 1.92. The van der Waals surface area contributed by atoms with Crippen molar-refractivity contribution in [2.24, 2.45) is 0 Å². The van der Waals surface area contributed by atoms with E-state index in [2.05, 4.69) is 22.6 Å². The number of aromatic nitrogens is 1. The number of aryl methyl sites for hydroxylation is 1. The number of fused-ring (bicyclic) bond motifs is 1. The minimum atomic E-state index is -0.327. The zero-order chi connectivity index (χ0) is 21.5. The van der Waals surface area contributed by atoms with Gasteiger partial charge >= 0.3 is 0 Å². The van der Waals surface area contributed by atoms with Crippen molar-refractivity contribution < 1.29 is 18.8 Å². The number of carbonyl (C=O) groups excluding carboxylic acids is 1. The lowest BCUT2D eigenvalue weighted by Gasteiger charge is -2.35. The van der Waals surface area contributed by atoms with Crippen molar-refractivity contribution in [3.05, 3.63) is 82.2 Å². The molecular formula is C25H24N2O4. The predicted molar refractivity (Wildman–Crippen MR) is 117 cm³/mol. The van der Waals surface area contributed by atoms with Gasteiger partial charge < -0.3 is 19.3 Å². The summed E-state index contributed by atoms with van der Waals surface area (Å²) in [6.07, 6.45) is 1.19. The summed E-state index contributed by atoms with van der Waals surface area (Å²) in [6, 6.07) is 15.9. The number of ketones is 1. The van der Waals surface area contributed by atoms with Crippen LogP contribution in [0.5, 0.6) is 11.5 Å². The first-order valence-corrected chi connectivity index (χ1v) is 10.4. The Morgan fingerprint density at radius 3 is 2.61 bits per heavy atom. The zero-order valence-electron chi connectivity index (χ0n) is 17.8. The van der Waals surface area contributed by atoms with E-state index in [0.717, 1.165) is 34.5 Å². The fourth-order valence-electron chi connectivity index (χ4n) is 4.81. The van der Waals surface area contributed by atoms with Crippen molar-refractivity contribution in [2.45, 2.75) is 31.6 Å². The molecule has 2 heterocycles. The maximum atomic E-state index is 13.6. The molecule has 5 rings (SSSR count). The molecule has 0 saturated heterocycles. The number of allylic oxidation sites excluding steroid dienone is 2. The Hall–Kier alpha value is -3.54. The SMILES string of the molecule is COc1ccc(OC)c([C@@H]2C3=C(C[C@H](c4ccccc4)CC3=O)Nc3onc(C)c32)c1. The van der Waals surface area contributed by atoms with Crippen LogP contribution in [-0.2, 0) is 4.79 Å². The molecule has 6 nitrogen and oxygen atoms in total. The molecule has 1 aliphatic heterocycles. The van der Waals surface area contributed by atoms with E-state index in [0.29, 0.717) is 23.8 Å². The highest BCUT2D eigenvalue weighted by Gasteiger charge is 2.42. The maximum absolute atomic E-state index is 13.6. The molecule has 0 bridgehead atoms. The third-order valence-electron chi connectivity index (χ3n) is 6.28. The summed E-state index contributed by atoms with van der Waals surface area (Å²) in [5, 5.41) is 7.56. The lowest BCUT2D eigenvalue weighted by Crippen LogP contribution is -2.29. The Bertz CT molecular complexity index is 1180. The molecule has 0 unspecified atom stereocenters. The van der Waals surface area contributed by atoms with Gasteiger partial charge in [-0.15, -0.1) is 0 Å². The van der Waals surface area contributed by atoms with Gasteiger partial charge in [-0.1, -0.05) is 35.5 Å². The van der Waals surface area contributed by atoms with Crippen LogP contribution in [0.25, 0.3) is 0 Å². The van der Waals surface area contributed by atoms with E-state index >= 15 is 0 Å². The maximum Gasteiger partial charge on any atom is 0.233 e. The van der Waals surface area contributed by atoms with Crippen LogP contribution in [-0.4, -0.2) is 25.2 Å². The van der Waals surface area contributed by atoms with Crippen LogP contribution >= 0.6 is 0 Å². The third kappa shape index (κ3) is 3.19. The van der Waals surface area contributed by atoms with Crippen LogP contribution < -0.4 is 14.8 Å². The van der Waals surface area contributed by atoms with Crippen LogP contribution in [0.1, 0.15) is 47.1 Å². The van der Waals surface area contributed by atoms with Gasteiger partial charge in [0.15, 0.2) is 5.78 Å². The molecule has 31 heavy (non-hydrogen) atoms. The summed E-state index contributed by atoms with van der Waals surface area (Å²) in [6.45, 7) is 1.90. The second-order valence-corrected chi connectivity index (χ2v) is 8.01. The molecule has 0 saturated carbocycles. The molecule has 2 aliphatic rings. The number of rotatable bonds is 4. The van der Waals surface area contributed by atoms with Gasteiger partial charge in [-0.2, -0.15) is 0 Å². The Morgan fingerprint density at radius 1 is 1.06 bits per heavy atom. The smallest absolute Gasteiger partial charge is 0.233 e. The molecule has 0 radical (unpaired) electrons. The molecule has 0 fully saturated rings. The topological polar surface area (TPSA) is 73.6 Å². The first-order chi connectivity index (χ1) is 15.1. The van der Waals surface area contributed by atoms with Gasteiger partial charge in [0.2, 0.25) is 5.88 Å². The first-order valence-electron chi connectivity index (χ1n) is 10.4. The van der Waals surface area contributed by atoms with Crippen molar-refractivity contribution in [2.75, 3.05) is 19.5 Å². The van der Waals surface area contributed by atoms with Crippen LogP contribution in [0, 0.1) is 6.92 Å². The van der Waals surface area contributed by atoms with Crippen molar-refractivity contribution >= 4 is 11.7 Å². The molecule has 3 aromatic rings. The minimum Gasteiger partial charge on any atom is -0.497 e. The molecule has 2 aromatic carbocycles. The second-order valence-electron chi connectivity index (χ2n) is 8.01. The highest BCUT2D eigenvalue weighted by molar-refractivity contribution is 6.01. The molecule has 1 N–H and O–H groups in total. The number of anilines is 1. The molecule has 0 spiro atoms. The fourth-order valence-corrected chi connectivity index (χ4v) is 4.81. The van der Waals surface area contributed by atoms with E-state index in [-0.39, 0.29) is 17.6 Å². The van der Waals surface area contributed by atoms with Gasteiger partial charge in [0.05, 0.1) is 31.4 Å². The largest absolute Gasteiger partial charge is 0.497 e. The first kappa shape index (κ1) is 19.4. The molecule has 158 valence electrons. The number of hydrogen-bond donors (Lipinski definition) is 1. The average Bonchev–Trinajstić information content (AvgIpc) is 3.18. The van der Waals surface area contributed by atoms with Crippen molar-refractivity contribution in [1.82, 2.24) is 5.16 Å². The summed E-state index contributed by atoms with van der Waals surface area (Å²) >= 11 is 0. The van der Waals surface area contributed by atoms with E-state index in [4.69, 9.17) is 14.0 Å². The summed E-state index contributed by atoms with van der Waals surface area (Å²) in [7, 11) is 3.27. The van der Waals surface area contributed by atoms with Gasteiger partial charge in [0.25, 0.3) is 0 Å². The minimum absolute atomic E-state index is 0.123. The molecule has 0 amide bonds. The fraction of sp³-hybridized carbons (Fsp3) is 0.280. The van der Waals surface area contributed by atoms with E-state index in [1.807, 2.05) is 43.3 Å². The number of nitrogens with zero attached hydrogens (tertiary/aromatic N) is 1. The van der Waals surface area contributed by atoms with Gasteiger partial charge in [0.1, 0.15) is 11.5 Å². The molecule has 6 heteroatoms. The number of benzene rings is 2. The summed E-state index contributed by atoms with van der Waals surface area (Å²) < 4.78 is 16.8. The van der Waals surface area contributed by atoms with Crippen molar-refractivity contribution in [1.29, 1.82) is 0 Å². The van der Waals surface area contributed by atoms with Crippen LogP contribution in [0.15, 0.2) is 64.3 Å². The van der Waals surface area contributed by atoms with E-state index in [1.165, 1.54) is 5.56 Å². The Kier molecular flexibility index (Phi) is 4.77. The third-order valence-corrected chi connectivity index (χ3v) is 6.28. The van der Waals surface area contributed by atoms with Gasteiger partial charge in [-0.3, -0.25) is 4.79 Å². The highest BCUT2D eigenvalue weighted by Crippen LogP contribution is 2.51. The lowest BCUT2D eigenvalue weighted by atomic mass is 9.72. The molecule has 1 aliphatic carbocycles. The Balaban J connectivity index is 1.67. The quantitative estimate of drug-likeness (QED) is 0.648. The standard InChI is InChI=1S/C25H24N2O4/c1-14-22-23(18-13-17(29-2)9-10-21(18)30-3)24-19(26-25(22)31-27-14)11-16(12-20(24)28)15-7-5-4-6-8-15/h4-10,13,16,23,26H,11-12H2,1-3H3/t16-,23-/m0/s1. The van der Waals surface area contributed by atoms with Crippen LogP contribution in [0.3, 0.4) is 0 Å². The summed E-state index contributed by atoms with van der Waals surface area (Å²) in [5.41, 5.74) is 5.31. The molecule has 2 atom stereocenters. The van der Waals surface area contributed by atoms with Crippen LogP contribution in [0.4, 0.5) is 5.88 Å². The number of Topliss-reactive ketones (excluding diaryl/α,β-unsaturated/α-hetero) is 1. The monoisotopic (exact) mass is 416 g/mol. The van der Waals surface area contributed by atoms with Gasteiger partial charge in [-0.05, 0) is 43.0 Å². The number of hydrogen-bond acceptors (Lipinski definition) is 6. The number of carbonyl (C=O) groups is 1. The summed E-state index contributed by atoms with van der Waals surface area (Å²) in [4.78, 5) is 13.6. The number of methoxy groups -OCH3 is 2. The van der Waals surface area contributed by atoms with Crippen molar-refractivity contribution in [3.63, 3.8) is 0 Å². The van der Waals surface area contributed by atoms with Crippen molar-refractivity contribution in [3.8, 4) is 11.5 Å². The molecular weight excluding hydrogens is 392 g/mol. The average molecular weight is 416 g/mol. The van der Waals surface area contributed by atoms with E-state index in [1.54, 1.807) is 14.2 Å². The predicted octanol–water partition coefficient (Wildman–Crippen LogP) is 4.96. The Morgan fingerprint density at radius 2 is 1.87 bits per heavy atom. The lowest BCUT2D eigenvalue weighted by molar-refractivity contribution is -0.116.